The molecule has 0 fully saturated rings. The normalized spacial score (nSPS) is 14.9. The van der Waals surface area contributed by atoms with Gasteiger partial charge in [-0.3, -0.25) is 0 Å². The molecule has 2 atom stereocenters. The summed E-state index contributed by atoms with van der Waals surface area (Å²) in [6, 6.07) is 6.10. The molecule has 0 amide bonds. The van der Waals surface area contributed by atoms with Gasteiger partial charge in [-0.25, -0.2) is 4.98 Å². The highest BCUT2D eigenvalue weighted by molar-refractivity contribution is 5.76. The van der Waals surface area contributed by atoms with E-state index in [-0.39, 0.29) is 6.04 Å². The molecular formula is C16H25N3O. The summed E-state index contributed by atoms with van der Waals surface area (Å²) >= 11 is 0. The van der Waals surface area contributed by atoms with Crippen molar-refractivity contribution in [2.45, 2.75) is 39.8 Å². The van der Waals surface area contributed by atoms with Crippen molar-refractivity contribution in [3.8, 4) is 0 Å². The van der Waals surface area contributed by atoms with E-state index in [9.17, 15) is 5.11 Å². The van der Waals surface area contributed by atoms with Gasteiger partial charge in [-0.2, -0.15) is 0 Å². The number of nitrogens with zero attached hydrogens (tertiary/aromatic N) is 2. The zero-order chi connectivity index (χ0) is 14.9. The molecule has 0 saturated carbocycles. The minimum Gasteiger partial charge on any atom is -0.387 e. The summed E-state index contributed by atoms with van der Waals surface area (Å²) < 4.78 is 2.07. The number of rotatable bonds is 5. The molecule has 1 aromatic heterocycles. The van der Waals surface area contributed by atoms with Gasteiger partial charge in [0.05, 0.1) is 17.1 Å². The average molecular weight is 275 g/mol. The topological polar surface area (TPSA) is 50.1 Å². The highest BCUT2D eigenvalue weighted by Crippen LogP contribution is 2.25. The molecule has 0 radical (unpaired) electrons. The van der Waals surface area contributed by atoms with Crippen molar-refractivity contribution < 1.29 is 5.11 Å². The van der Waals surface area contributed by atoms with E-state index in [4.69, 9.17) is 0 Å². The molecule has 1 aromatic carbocycles. The molecule has 4 heteroatoms. The van der Waals surface area contributed by atoms with E-state index in [2.05, 4.69) is 35.6 Å². The van der Waals surface area contributed by atoms with Gasteiger partial charge < -0.3 is 15.0 Å². The predicted octanol–water partition coefficient (Wildman–Crippen LogP) is 2.55. The van der Waals surface area contributed by atoms with Crippen molar-refractivity contribution >= 4 is 11.0 Å². The van der Waals surface area contributed by atoms with E-state index in [0.717, 1.165) is 29.0 Å². The second kappa shape index (κ2) is 5.94. The third-order valence-electron chi connectivity index (χ3n) is 3.97. The standard InChI is InChI=1S/C16H25N3O/c1-6-17-15(10(2)3)16(20)12-7-8-14-13(9-12)18-11(4)19(14)5/h7-10,15-17,20H,6H2,1-5H3. The zero-order valence-corrected chi connectivity index (χ0v) is 13.0. The number of fused-ring (bicyclic) bond motifs is 1. The Hall–Kier alpha value is -1.39. The summed E-state index contributed by atoms with van der Waals surface area (Å²) in [5.41, 5.74) is 2.97. The van der Waals surface area contributed by atoms with Crippen LogP contribution in [0.3, 0.4) is 0 Å². The molecule has 2 rings (SSSR count). The van der Waals surface area contributed by atoms with Gasteiger partial charge in [-0.1, -0.05) is 26.8 Å². The first-order valence-corrected chi connectivity index (χ1v) is 7.30. The van der Waals surface area contributed by atoms with Crippen molar-refractivity contribution in [3.63, 3.8) is 0 Å². The van der Waals surface area contributed by atoms with Gasteiger partial charge in [-0.05, 0) is 37.1 Å². The molecule has 2 unspecified atom stereocenters. The summed E-state index contributed by atoms with van der Waals surface area (Å²) in [7, 11) is 2.01. The Kier molecular flexibility index (Phi) is 4.45. The Bertz CT molecular complexity index is 589. The summed E-state index contributed by atoms with van der Waals surface area (Å²) in [4.78, 5) is 4.54. The first-order chi connectivity index (χ1) is 9.45. The Morgan fingerprint density at radius 2 is 2.05 bits per heavy atom. The van der Waals surface area contributed by atoms with E-state index in [1.54, 1.807) is 0 Å². The fourth-order valence-electron chi connectivity index (χ4n) is 2.68. The van der Waals surface area contributed by atoms with Crippen LogP contribution >= 0.6 is 0 Å². The van der Waals surface area contributed by atoms with E-state index in [1.807, 2.05) is 32.2 Å². The van der Waals surface area contributed by atoms with Crippen LogP contribution in [0.15, 0.2) is 18.2 Å². The maximum atomic E-state index is 10.6. The summed E-state index contributed by atoms with van der Waals surface area (Å²) in [6.45, 7) is 9.16. The van der Waals surface area contributed by atoms with Gasteiger partial charge >= 0.3 is 0 Å². The van der Waals surface area contributed by atoms with Gasteiger partial charge in [0, 0.05) is 13.1 Å². The third-order valence-corrected chi connectivity index (χ3v) is 3.97. The number of hydrogen-bond donors (Lipinski definition) is 2. The molecule has 0 bridgehead atoms. The Balaban J connectivity index is 2.36. The lowest BCUT2D eigenvalue weighted by atomic mass is 9.93. The molecule has 20 heavy (non-hydrogen) atoms. The van der Waals surface area contributed by atoms with Crippen LogP contribution in [-0.4, -0.2) is 27.2 Å². The number of hydrogen-bond acceptors (Lipinski definition) is 3. The molecule has 0 aliphatic carbocycles. The van der Waals surface area contributed by atoms with Gasteiger partial charge in [0.2, 0.25) is 0 Å². The lowest BCUT2D eigenvalue weighted by Crippen LogP contribution is -2.39. The van der Waals surface area contributed by atoms with Gasteiger partial charge in [0.15, 0.2) is 0 Å². The molecule has 1 heterocycles. The van der Waals surface area contributed by atoms with Crippen molar-refractivity contribution in [2.24, 2.45) is 13.0 Å². The lowest BCUT2D eigenvalue weighted by Gasteiger charge is -2.27. The molecule has 0 aliphatic heterocycles. The summed E-state index contributed by atoms with van der Waals surface area (Å²) in [6.07, 6.45) is -0.512. The number of aliphatic hydroxyl groups excluding tert-OH is 1. The number of aryl methyl sites for hydroxylation is 2. The Morgan fingerprint density at radius 1 is 1.35 bits per heavy atom. The minimum absolute atomic E-state index is 0.0576. The highest BCUT2D eigenvalue weighted by Gasteiger charge is 2.23. The van der Waals surface area contributed by atoms with Crippen molar-refractivity contribution in [3.05, 3.63) is 29.6 Å². The number of aromatic nitrogens is 2. The Morgan fingerprint density at radius 3 is 2.65 bits per heavy atom. The average Bonchev–Trinajstić information content (AvgIpc) is 2.70. The van der Waals surface area contributed by atoms with Gasteiger partial charge in [-0.15, -0.1) is 0 Å². The lowest BCUT2D eigenvalue weighted by molar-refractivity contribution is 0.106. The highest BCUT2D eigenvalue weighted by atomic mass is 16.3. The van der Waals surface area contributed by atoms with Crippen LogP contribution in [0.1, 0.15) is 38.3 Å². The summed E-state index contributed by atoms with van der Waals surface area (Å²) in [5.74, 6) is 1.35. The van der Waals surface area contributed by atoms with E-state index >= 15 is 0 Å². The zero-order valence-electron chi connectivity index (χ0n) is 13.0. The first-order valence-electron chi connectivity index (χ1n) is 7.30. The molecule has 2 aromatic rings. The van der Waals surface area contributed by atoms with E-state index in [0.29, 0.717) is 5.92 Å². The van der Waals surface area contributed by atoms with Crippen LogP contribution in [0.4, 0.5) is 0 Å². The van der Waals surface area contributed by atoms with Gasteiger partial charge in [0.25, 0.3) is 0 Å². The number of aliphatic hydroxyl groups is 1. The van der Waals surface area contributed by atoms with E-state index in [1.165, 1.54) is 0 Å². The summed E-state index contributed by atoms with van der Waals surface area (Å²) in [5, 5.41) is 14.0. The predicted molar refractivity (Wildman–Crippen MR) is 82.7 cm³/mol. The van der Waals surface area contributed by atoms with E-state index < -0.39 is 6.10 Å². The van der Waals surface area contributed by atoms with Crippen molar-refractivity contribution in [1.29, 1.82) is 0 Å². The van der Waals surface area contributed by atoms with Crippen LogP contribution in [-0.2, 0) is 7.05 Å². The fraction of sp³-hybridized carbons (Fsp3) is 0.562. The SMILES string of the molecule is CCNC(C(C)C)C(O)c1ccc2c(c1)nc(C)n2C. The molecule has 2 N–H and O–H groups in total. The maximum absolute atomic E-state index is 10.6. The van der Waals surface area contributed by atoms with Gasteiger partial charge in [0.1, 0.15) is 5.82 Å². The molecule has 0 saturated heterocycles. The molecule has 0 aliphatic rings. The number of benzene rings is 1. The Labute approximate surface area is 120 Å². The quantitative estimate of drug-likeness (QED) is 0.881. The second-order valence-electron chi connectivity index (χ2n) is 5.74. The molecule has 4 nitrogen and oxygen atoms in total. The number of nitrogens with one attached hydrogen (secondary N) is 1. The largest absolute Gasteiger partial charge is 0.387 e. The molecule has 0 spiro atoms. The van der Waals surface area contributed by atoms with Crippen LogP contribution in [0.5, 0.6) is 0 Å². The van der Waals surface area contributed by atoms with Crippen LogP contribution in [0, 0.1) is 12.8 Å². The van der Waals surface area contributed by atoms with Crippen molar-refractivity contribution in [1.82, 2.24) is 14.9 Å². The minimum atomic E-state index is -0.512. The molecule has 110 valence electrons. The molecular weight excluding hydrogens is 250 g/mol. The van der Waals surface area contributed by atoms with Crippen LogP contribution in [0.2, 0.25) is 0 Å². The van der Waals surface area contributed by atoms with Crippen LogP contribution < -0.4 is 5.32 Å². The first kappa shape index (κ1) is 15.0. The van der Waals surface area contributed by atoms with Crippen LogP contribution in [0.25, 0.3) is 11.0 Å². The number of likely N-dealkylation sites (N-methyl/N-ethyl adjacent to an activating group) is 1. The fourth-order valence-corrected chi connectivity index (χ4v) is 2.68. The monoisotopic (exact) mass is 275 g/mol. The second-order valence-corrected chi connectivity index (χ2v) is 5.74. The van der Waals surface area contributed by atoms with Crippen molar-refractivity contribution in [2.75, 3.05) is 6.54 Å². The number of imidazole rings is 1. The maximum Gasteiger partial charge on any atom is 0.106 e. The smallest absolute Gasteiger partial charge is 0.106 e. The third kappa shape index (κ3) is 2.72.